The van der Waals surface area contributed by atoms with Crippen LogP contribution in [0.4, 0.5) is 0 Å². The highest BCUT2D eigenvalue weighted by Gasteiger charge is 2.13. The number of ether oxygens (including phenoxy) is 2. The first-order chi connectivity index (χ1) is 7.36. The molecule has 15 heavy (non-hydrogen) atoms. The highest BCUT2D eigenvalue weighted by Crippen LogP contribution is 2.09. The third kappa shape index (κ3) is 5.50. The lowest BCUT2D eigenvalue weighted by atomic mass is 10.1. The monoisotopic (exact) mass is 215 g/mol. The van der Waals surface area contributed by atoms with E-state index in [0.717, 1.165) is 39.2 Å². The van der Waals surface area contributed by atoms with E-state index in [1.807, 2.05) is 0 Å². The third-order valence-electron chi connectivity index (χ3n) is 3.04. The van der Waals surface area contributed by atoms with Crippen molar-refractivity contribution in [2.24, 2.45) is 0 Å². The number of nitrogens with one attached hydrogen (secondary N) is 1. The van der Waals surface area contributed by atoms with Gasteiger partial charge in [0.1, 0.15) is 0 Å². The number of hydrogen-bond donors (Lipinski definition) is 1. The van der Waals surface area contributed by atoms with Crippen molar-refractivity contribution in [3.63, 3.8) is 0 Å². The van der Waals surface area contributed by atoms with E-state index < -0.39 is 0 Å². The van der Waals surface area contributed by atoms with Crippen molar-refractivity contribution < 1.29 is 9.47 Å². The summed E-state index contributed by atoms with van der Waals surface area (Å²) in [5.41, 5.74) is 0. The molecule has 90 valence electrons. The summed E-state index contributed by atoms with van der Waals surface area (Å²) in [6.07, 6.45) is 4.96. The maximum atomic E-state index is 5.78. The zero-order valence-electron chi connectivity index (χ0n) is 10.1. The van der Waals surface area contributed by atoms with Gasteiger partial charge in [0.05, 0.1) is 12.7 Å². The molecule has 0 unspecified atom stereocenters. The molecular weight excluding hydrogens is 190 g/mol. The maximum Gasteiger partial charge on any atom is 0.0619 e. The zero-order valence-corrected chi connectivity index (χ0v) is 10.1. The average molecular weight is 215 g/mol. The molecule has 0 aliphatic carbocycles. The van der Waals surface area contributed by atoms with Crippen molar-refractivity contribution in [2.45, 2.75) is 51.7 Å². The van der Waals surface area contributed by atoms with Crippen LogP contribution in [-0.4, -0.2) is 38.5 Å². The van der Waals surface area contributed by atoms with Gasteiger partial charge in [-0.15, -0.1) is 0 Å². The summed E-state index contributed by atoms with van der Waals surface area (Å²) < 4.78 is 11.1. The Bertz CT molecular complexity index is 143. The van der Waals surface area contributed by atoms with Crippen LogP contribution in [0, 0.1) is 0 Å². The molecule has 1 aliphatic heterocycles. The standard InChI is InChI=1S/C12H25NO2/c1-3-11(4-2)13-7-10-15-12-5-8-14-9-6-12/h11-13H,3-10H2,1-2H3. The SMILES string of the molecule is CCC(CC)NCCOC1CCOCC1. The molecule has 0 atom stereocenters. The minimum Gasteiger partial charge on any atom is -0.381 e. The van der Waals surface area contributed by atoms with Gasteiger partial charge in [0.2, 0.25) is 0 Å². The van der Waals surface area contributed by atoms with E-state index in [1.54, 1.807) is 0 Å². The first-order valence-corrected chi connectivity index (χ1v) is 6.29. The van der Waals surface area contributed by atoms with Gasteiger partial charge < -0.3 is 14.8 Å². The van der Waals surface area contributed by atoms with Gasteiger partial charge in [-0.25, -0.2) is 0 Å². The predicted molar refractivity (Wildman–Crippen MR) is 62.2 cm³/mol. The van der Waals surface area contributed by atoms with Crippen LogP contribution < -0.4 is 5.32 Å². The Labute approximate surface area is 93.5 Å². The van der Waals surface area contributed by atoms with Gasteiger partial charge in [-0.05, 0) is 25.7 Å². The summed E-state index contributed by atoms with van der Waals surface area (Å²) in [4.78, 5) is 0. The van der Waals surface area contributed by atoms with E-state index >= 15 is 0 Å². The van der Waals surface area contributed by atoms with E-state index in [2.05, 4.69) is 19.2 Å². The van der Waals surface area contributed by atoms with Crippen molar-refractivity contribution in [3.8, 4) is 0 Å². The van der Waals surface area contributed by atoms with Crippen molar-refractivity contribution in [3.05, 3.63) is 0 Å². The molecule has 3 heteroatoms. The Balaban J connectivity index is 1.95. The molecule has 0 aromatic heterocycles. The van der Waals surface area contributed by atoms with Crippen LogP contribution in [0.1, 0.15) is 39.5 Å². The van der Waals surface area contributed by atoms with Crippen molar-refractivity contribution >= 4 is 0 Å². The molecule has 0 aromatic carbocycles. The fourth-order valence-corrected chi connectivity index (χ4v) is 1.91. The predicted octanol–water partition coefficient (Wildman–Crippen LogP) is 1.96. The van der Waals surface area contributed by atoms with Crippen LogP contribution in [-0.2, 0) is 9.47 Å². The normalized spacial score (nSPS) is 18.6. The largest absolute Gasteiger partial charge is 0.381 e. The van der Waals surface area contributed by atoms with Crippen molar-refractivity contribution in [2.75, 3.05) is 26.4 Å². The molecule has 3 nitrogen and oxygen atoms in total. The first-order valence-electron chi connectivity index (χ1n) is 6.29. The zero-order chi connectivity index (χ0) is 10.9. The second kappa shape index (κ2) is 8.08. The van der Waals surface area contributed by atoms with E-state index in [9.17, 15) is 0 Å². The quantitative estimate of drug-likeness (QED) is 0.659. The van der Waals surface area contributed by atoms with Gasteiger partial charge in [0.25, 0.3) is 0 Å². The van der Waals surface area contributed by atoms with E-state index in [-0.39, 0.29) is 0 Å². The molecule has 0 saturated carbocycles. The Kier molecular flexibility index (Phi) is 6.98. The van der Waals surface area contributed by atoms with Gasteiger partial charge >= 0.3 is 0 Å². The molecule has 1 fully saturated rings. The summed E-state index contributed by atoms with van der Waals surface area (Å²) in [6, 6.07) is 0.656. The van der Waals surface area contributed by atoms with E-state index in [4.69, 9.17) is 9.47 Å². The van der Waals surface area contributed by atoms with Crippen LogP contribution in [0.25, 0.3) is 0 Å². The summed E-state index contributed by atoms with van der Waals surface area (Å²) in [5, 5.41) is 3.50. The van der Waals surface area contributed by atoms with Crippen LogP contribution in [0.3, 0.4) is 0 Å². The van der Waals surface area contributed by atoms with Crippen molar-refractivity contribution in [1.29, 1.82) is 0 Å². The molecule has 1 heterocycles. The van der Waals surface area contributed by atoms with Gasteiger partial charge in [-0.3, -0.25) is 0 Å². The second-order valence-corrected chi connectivity index (χ2v) is 4.15. The molecule has 0 aromatic rings. The Morgan fingerprint density at radius 2 is 1.93 bits per heavy atom. The minimum atomic E-state index is 0.433. The molecular formula is C12H25NO2. The Morgan fingerprint density at radius 1 is 1.27 bits per heavy atom. The summed E-state index contributed by atoms with van der Waals surface area (Å²) in [6.45, 7) is 7.99. The molecule has 0 amide bonds. The lowest BCUT2D eigenvalue weighted by molar-refractivity contribution is -0.0309. The van der Waals surface area contributed by atoms with Gasteiger partial charge in [0, 0.05) is 25.8 Å². The topological polar surface area (TPSA) is 30.5 Å². The third-order valence-corrected chi connectivity index (χ3v) is 3.04. The Hall–Kier alpha value is -0.120. The molecule has 0 radical (unpaired) electrons. The summed E-state index contributed by atoms with van der Waals surface area (Å²) >= 11 is 0. The summed E-state index contributed by atoms with van der Waals surface area (Å²) in [7, 11) is 0. The fraction of sp³-hybridized carbons (Fsp3) is 1.00. The van der Waals surface area contributed by atoms with Crippen LogP contribution in [0.2, 0.25) is 0 Å². The number of rotatable bonds is 7. The van der Waals surface area contributed by atoms with E-state index in [0.29, 0.717) is 12.1 Å². The molecule has 0 bridgehead atoms. The molecule has 1 N–H and O–H groups in total. The van der Waals surface area contributed by atoms with Crippen LogP contribution in [0.5, 0.6) is 0 Å². The van der Waals surface area contributed by atoms with Gasteiger partial charge in [0.15, 0.2) is 0 Å². The first kappa shape index (κ1) is 12.9. The smallest absolute Gasteiger partial charge is 0.0619 e. The van der Waals surface area contributed by atoms with Crippen LogP contribution >= 0.6 is 0 Å². The molecule has 0 spiro atoms. The molecule has 1 saturated heterocycles. The fourth-order valence-electron chi connectivity index (χ4n) is 1.91. The number of hydrogen-bond acceptors (Lipinski definition) is 3. The minimum absolute atomic E-state index is 0.433. The Morgan fingerprint density at radius 3 is 2.53 bits per heavy atom. The van der Waals surface area contributed by atoms with E-state index in [1.165, 1.54) is 12.8 Å². The highest BCUT2D eigenvalue weighted by molar-refractivity contribution is 4.64. The van der Waals surface area contributed by atoms with Crippen LogP contribution in [0.15, 0.2) is 0 Å². The lowest BCUT2D eigenvalue weighted by Crippen LogP contribution is -2.33. The lowest BCUT2D eigenvalue weighted by Gasteiger charge is -2.23. The average Bonchev–Trinajstić information content (AvgIpc) is 2.31. The van der Waals surface area contributed by atoms with Crippen molar-refractivity contribution in [1.82, 2.24) is 5.32 Å². The maximum absolute atomic E-state index is 5.78. The molecule has 1 aliphatic rings. The summed E-state index contributed by atoms with van der Waals surface area (Å²) in [5.74, 6) is 0. The second-order valence-electron chi connectivity index (χ2n) is 4.15. The highest BCUT2D eigenvalue weighted by atomic mass is 16.5. The molecule has 1 rings (SSSR count). The van der Waals surface area contributed by atoms with Gasteiger partial charge in [-0.2, -0.15) is 0 Å². The van der Waals surface area contributed by atoms with Gasteiger partial charge in [-0.1, -0.05) is 13.8 Å².